The Morgan fingerprint density at radius 2 is 1.90 bits per heavy atom. The van der Waals surface area contributed by atoms with E-state index in [0.29, 0.717) is 16.9 Å². The summed E-state index contributed by atoms with van der Waals surface area (Å²) in [5.74, 6) is -0.637. The third-order valence-corrected chi connectivity index (χ3v) is 4.65. The van der Waals surface area contributed by atoms with Gasteiger partial charge in [-0.15, -0.1) is 0 Å². The number of ether oxygens (including phenoxy) is 2. The largest absolute Gasteiger partial charge is 0.460 e. The number of para-hydroxylation sites is 1. The molecule has 0 unspecified atom stereocenters. The number of allylic oxidation sites excluding steroid dienone is 1. The highest BCUT2D eigenvalue weighted by atomic mass is 16.6. The molecule has 0 spiro atoms. The van der Waals surface area contributed by atoms with Gasteiger partial charge in [-0.1, -0.05) is 30.3 Å². The number of nitro benzene ring substituents is 1. The van der Waals surface area contributed by atoms with Gasteiger partial charge in [-0.3, -0.25) is 15.0 Å². The van der Waals surface area contributed by atoms with Gasteiger partial charge < -0.3 is 14.8 Å². The Balaban J connectivity index is 2.08. The van der Waals surface area contributed by atoms with Gasteiger partial charge in [-0.2, -0.15) is 0 Å². The van der Waals surface area contributed by atoms with Crippen LogP contribution in [0, 0.1) is 10.1 Å². The van der Waals surface area contributed by atoms with Crippen molar-refractivity contribution in [2.75, 3.05) is 25.2 Å². The highest BCUT2D eigenvalue weighted by Crippen LogP contribution is 2.34. The molecule has 9 heteroatoms. The first-order valence-corrected chi connectivity index (χ1v) is 9.21. The Hall–Kier alpha value is -3.72. The lowest BCUT2D eigenvalue weighted by Gasteiger charge is -2.35. The number of esters is 1. The van der Waals surface area contributed by atoms with Crippen molar-refractivity contribution in [3.63, 3.8) is 0 Å². The summed E-state index contributed by atoms with van der Waals surface area (Å²) in [6.07, 6.45) is 0. The molecule has 1 heterocycles. The number of benzene rings is 2. The van der Waals surface area contributed by atoms with Crippen LogP contribution in [0.4, 0.5) is 16.2 Å². The molecule has 156 valence electrons. The molecule has 0 saturated heterocycles. The number of rotatable bonds is 7. The van der Waals surface area contributed by atoms with Gasteiger partial charge in [-0.05, 0) is 24.6 Å². The monoisotopic (exact) mass is 411 g/mol. The third-order valence-electron chi connectivity index (χ3n) is 4.65. The summed E-state index contributed by atoms with van der Waals surface area (Å²) < 4.78 is 10.2. The topological polar surface area (TPSA) is 111 Å². The van der Waals surface area contributed by atoms with E-state index in [-0.39, 0.29) is 24.5 Å². The molecule has 1 aliphatic rings. The van der Waals surface area contributed by atoms with Crippen molar-refractivity contribution in [2.45, 2.75) is 13.0 Å². The predicted molar refractivity (Wildman–Crippen MR) is 109 cm³/mol. The maximum absolute atomic E-state index is 12.9. The van der Waals surface area contributed by atoms with Crippen molar-refractivity contribution in [3.8, 4) is 0 Å². The summed E-state index contributed by atoms with van der Waals surface area (Å²) in [6, 6.07) is 13.3. The van der Waals surface area contributed by atoms with E-state index in [1.165, 1.54) is 30.2 Å². The first-order chi connectivity index (χ1) is 14.4. The molecule has 2 aromatic carbocycles. The SMILES string of the molecule is COCCOC(=O)C1=C(C)N(c2ccccc2)C(=O)N[C@H]1c1cccc([N+](=O)[O-])c1. The lowest BCUT2D eigenvalue weighted by Crippen LogP contribution is -2.48. The quantitative estimate of drug-likeness (QED) is 0.324. The number of nitrogens with one attached hydrogen (secondary N) is 1. The van der Waals surface area contributed by atoms with E-state index in [0.717, 1.165) is 0 Å². The van der Waals surface area contributed by atoms with E-state index in [1.54, 1.807) is 37.3 Å². The van der Waals surface area contributed by atoms with Crippen molar-refractivity contribution in [1.82, 2.24) is 5.32 Å². The van der Waals surface area contributed by atoms with Gasteiger partial charge in [0, 0.05) is 24.9 Å². The summed E-state index contributed by atoms with van der Waals surface area (Å²) in [5.41, 5.74) is 1.41. The standard InChI is InChI=1S/C21H21N3O6/c1-14-18(20(25)30-12-11-29-2)19(15-7-6-10-17(13-15)24(27)28)22-21(26)23(14)16-8-4-3-5-9-16/h3-10,13,19H,11-12H2,1-2H3,(H,22,26)/t19-/m0/s1. The molecule has 3 rings (SSSR count). The van der Waals surface area contributed by atoms with Crippen LogP contribution in [0.15, 0.2) is 65.9 Å². The Bertz CT molecular complexity index is 989. The molecular formula is C21H21N3O6. The van der Waals surface area contributed by atoms with Crippen LogP contribution in [0.2, 0.25) is 0 Å². The molecule has 1 atom stereocenters. The molecule has 0 radical (unpaired) electrons. The number of methoxy groups -OCH3 is 1. The second-order valence-corrected chi connectivity index (χ2v) is 6.53. The fraction of sp³-hybridized carbons (Fsp3) is 0.238. The summed E-state index contributed by atoms with van der Waals surface area (Å²) in [4.78, 5) is 37.9. The number of anilines is 1. The molecule has 9 nitrogen and oxygen atoms in total. The Morgan fingerprint density at radius 1 is 1.17 bits per heavy atom. The van der Waals surface area contributed by atoms with Crippen LogP contribution < -0.4 is 10.2 Å². The highest BCUT2D eigenvalue weighted by molar-refractivity contribution is 6.03. The van der Waals surface area contributed by atoms with Gasteiger partial charge in [0.15, 0.2) is 0 Å². The van der Waals surface area contributed by atoms with Gasteiger partial charge in [0.25, 0.3) is 5.69 Å². The average Bonchev–Trinajstić information content (AvgIpc) is 2.74. The van der Waals surface area contributed by atoms with Crippen LogP contribution in [0.5, 0.6) is 0 Å². The first kappa shape index (κ1) is 21.0. The normalized spacial score (nSPS) is 16.3. The molecule has 30 heavy (non-hydrogen) atoms. The Kier molecular flexibility index (Phi) is 6.43. The number of non-ortho nitro benzene ring substituents is 1. The second kappa shape index (κ2) is 9.19. The zero-order chi connectivity index (χ0) is 21.7. The van der Waals surface area contributed by atoms with Crippen LogP contribution in [0.25, 0.3) is 0 Å². The zero-order valence-electron chi connectivity index (χ0n) is 16.5. The van der Waals surface area contributed by atoms with Gasteiger partial charge in [-0.25, -0.2) is 9.59 Å². The van der Waals surface area contributed by atoms with Crippen LogP contribution >= 0.6 is 0 Å². The summed E-state index contributed by atoms with van der Waals surface area (Å²) >= 11 is 0. The average molecular weight is 411 g/mol. The summed E-state index contributed by atoms with van der Waals surface area (Å²) in [6.45, 7) is 1.89. The molecule has 0 fully saturated rings. The number of carbonyl (C=O) groups excluding carboxylic acids is 2. The van der Waals surface area contributed by atoms with Crippen molar-refractivity contribution in [3.05, 3.63) is 81.5 Å². The van der Waals surface area contributed by atoms with Crippen molar-refractivity contribution in [2.24, 2.45) is 0 Å². The third kappa shape index (κ3) is 4.31. The van der Waals surface area contributed by atoms with Crippen molar-refractivity contribution >= 4 is 23.4 Å². The maximum Gasteiger partial charge on any atom is 0.338 e. The fourth-order valence-electron chi connectivity index (χ4n) is 3.26. The fourth-order valence-corrected chi connectivity index (χ4v) is 3.26. The maximum atomic E-state index is 12.9. The smallest absolute Gasteiger partial charge is 0.338 e. The van der Waals surface area contributed by atoms with E-state index in [1.807, 2.05) is 6.07 Å². The predicted octanol–water partition coefficient (Wildman–Crippen LogP) is 3.33. The number of nitrogens with zero attached hydrogens (tertiary/aromatic N) is 2. The zero-order valence-corrected chi connectivity index (χ0v) is 16.5. The lowest BCUT2D eigenvalue weighted by molar-refractivity contribution is -0.384. The number of hydrogen-bond donors (Lipinski definition) is 1. The number of hydrogen-bond acceptors (Lipinski definition) is 6. The minimum Gasteiger partial charge on any atom is -0.460 e. The van der Waals surface area contributed by atoms with Gasteiger partial charge >= 0.3 is 12.0 Å². The van der Waals surface area contributed by atoms with Gasteiger partial charge in [0.2, 0.25) is 0 Å². The van der Waals surface area contributed by atoms with Crippen molar-refractivity contribution in [1.29, 1.82) is 0 Å². The van der Waals surface area contributed by atoms with Crippen LogP contribution in [0.1, 0.15) is 18.5 Å². The molecule has 2 amide bonds. The number of carbonyl (C=O) groups is 2. The molecule has 0 bridgehead atoms. The molecular weight excluding hydrogens is 390 g/mol. The number of nitro groups is 1. The number of urea groups is 1. The highest BCUT2D eigenvalue weighted by Gasteiger charge is 2.37. The molecule has 1 aliphatic heterocycles. The van der Waals surface area contributed by atoms with E-state index in [2.05, 4.69) is 5.32 Å². The summed E-state index contributed by atoms with van der Waals surface area (Å²) in [7, 11) is 1.49. The van der Waals surface area contributed by atoms with E-state index >= 15 is 0 Å². The van der Waals surface area contributed by atoms with Gasteiger partial charge in [0.1, 0.15) is 6.61 Å². The van der Waals surface area contributed by atoms with Crippen LogP contribution in [0.3, 0.4) is 0 Å². The minimum absolute atomic E-state index is 0.0348. The second-order valence-electron chi connectivity index (χ2n) is 6.53. The Labute approximate surface area is 173 Å². The van der Waals surface area contributed by atoms with E-state index in [9.17, 15) is 19.7 Å². The molecule has 0 saturated carbocycles. The van der Waals surface area contributed by atoms with Crippen LogP contribution in [-0.4, -0.2) is 37.2 Å². The molecule has 1 N–H and O–H groups in total. The van der Waals surface area contributed by atoms with Gasteiger partial charge in [0.05, 0.1) is 28.8 Å². The molecule has 2 aromatic rings. The van der Waals surface area contributed by atoms with Crippen LogP contribution in [-0.2, 0) is 14.3 Å². The molecule has 0 aromatic heterocycles. The minimum atomic E-state index is -0.896. The molecule has 0 aliphatic carbocycles. The van der Waals surface area contributed by atoms with E-state index < -0.39 is 23.0 Å². The Morgan fingerprint density at radius 3 is 2.57 bits per heavy atom. The van der Waals surface area contributed by atoms with Crippen molar-refractivity contribution < 1.29 is 24.0 Å². The summed E-state index contributed by atoms with van der Waals surface area (Å²) in [5, 5.41) is 14.0. The number of amides is 2. The first-order valence-electron chi connectivity index (χ1n) is 9.21. The lowest BCUT2D eigenvalue weighted by atomic mass is 9.94. The van der Waals surface area contributed by atoms with E-state index in [4.69, 9.17) is 9.47 Å².